The predicted octanol–water partition coefficient (Wildman–Crippen LogP) is 2.85. The monoisotopic (exact) mass is 378 g/mol. The van der Waals surface area contributed by atoms with Crippen LogP contribution in [-0.2, 0) is 9.53 Å². The number of rotatable bonds is 4. The number of esters is 1. The number of carbonyl (C=O) groups excluding carboxylic acids is 1. The molecule has 28 heavy (non-hydrogen) atoms. The zero-order valence-electron chi connectivity index (χ0n) is 16.8. The molecule has 0 spiro atoms. The Morgan fingerprint density at radius 2 is 1.25 bits per heavy atom. The lowest BCUT2D eigenvalue weighted by Gasteiger charge is -2.61. The van der Waals surface area contributed by atoms with E-state index in [-0.39, 0.29) is 18.0 Å². The van der Waals surface area contributed by atoms with Crippen molar-refractivity contribution in [3.8, 4) is 0 Å². The number of benzene rings is 2. The van der Waals surface area contributed by atoms with Crippen molar-refractivity contribution in [3.63, 3.8) is 0 Å². The first-order valence-corrected chi connectivity index (χ1v) is 10.4. The third-order valence-corrected chi connectivity index (χ3v) is 7.07. The molecule has 0 amide bonds. The van der Waals surface area contributed by atoms with Crippen molar-refractivity contribution in [1.82, 2.24) is 0 Å². The van der Waals surface area contributed by atoms with E-state index in [4.69, 9.17) is 4.74 Å². The lowest BCUT2D eigenvalue weighted by molar-refractivity contribution is -1.13. The van der Waals surface area contributed by atoms with Gasteiger partial charge in [0.1, 0.15) is 12.0 Å². The lowest BCUT2D eigenvalue weighted by Crippen LogP contribution is -2.80. The Balaban J connectivity index is 1.42. The highest BCUT2D eigenvalue weighted by Crippen LogP contribution is 2.43. The Labute approximate surface area is 167 Å². The number of hydrogen-bond acceptors (Lipinski definition) is 2. The van der Waals surface area contributed by atoms with Gasteiger partial charge in [-0.25, -0.2) is 0 Å². The molecule has 4 heteroatoms. The first-order chi connectivity index (χ1) is 13.4. The number of ether oxygens (including phenoxy) is 1. The summed E-state index contributed by atoms with van der Waals surface area (Å²) >= 11 is 0. The molecule has 0 radical (unpaired) electrons. The highest BCUT2D eigenvalue weighted by Gasteiger charge is 2.62. The molecule has 0 N–H and O–H groups in total. The second kappa shape index (κ2) is 6.43. The molecule has 4 saturated heterocycles. The van der Waals surface area contributed by atoms with Crippen LogP contribution in [0.1, 0.15) is 17.0 Å². The van der Waals surface area contributed by atoms with E-state index >= 15 is 0 Å². The summed E-state index contributed by atoms with van der Waals surface area (Å²) in [6, 6.07) is 20.1. The van der Waals surface area contributed by atoms with Crippen molar-refractivity contribution in [3.05, 3.63) is 71.8 Å². The maximum atomic E-state index is 13.5. The van der Waals surface area contributed by atoms with Crippen LogP contribution in [0.15, 0.2) is 60.7 Å². The number of hydrogen-bond donors (Lipinski definition) is 0. The van der Waals surface area contributed by atoms with Gasteiger partial charge in [0.15, 0.2) is 0 Å². The van der Waals surface area contributed by atoms with E-state index in [1.54, 1.807) is 0 Å². The minimum Gasteiger partial charge on any atom is -0.460 e. The summed E-state index contributed by atoms with van der Waals surface area (Å²) in [6.45, 7) is 5.80. The van der Waals surface area contributed by atoms with Crippen LogP contribution in [0.5, 0.6) is 0 Å². The van der Waals surface area contributed by atoms with Crippen LogP contribution < -0.4 is 0 Å². The van der Waals surface area contributed by atoms with Crippen LogP contribution in [0, 0.1) is 11.8 Å². The topological polar surface area (TPSA) is 26.3 Å². The predicted molar refractivity (Wildman–Crippen MR) is 108 cm³/mol. The van der Waals surface area contributed by atoms with Crippen LogP contribution in [0.4, 0.5) is 0 Å². The van der Waals surface area contributed by atoms with E-state index in [0.29, 0.717) is 11.8 Å². The van der Waals surface area contributed by atoms with Crippen molar-refractivity contribution >= 4 is 5.97 Å². The van der Waals surface area contributed by atoms with Gasteiger partial charge in [0, 0.05) is 0 Å². The molecule has 2 aromatic carbocycles. The normalized spacial score (nSPS) is 35.9. The van der Waals surface area contributed by atoms with E-state index in [1.165, 1.54) is 6.67 Å². The molecule has 6 rings (SSSR count). The molecule has 4 bridgehead atoms. The van der Waals surface area contributed by atoms with E-state index in [2.05, 4.69) is 14.1 Å². The zero-order chi connectivity index (χ0) is 19.4. The second-order valence-electron chi connectivity index (χ2n) is 9.79. The molecule has 4 heterocycles. The Bertz CT molecular complexity index is 791. The fraction of sp³-hybridized carbons (Fsp3) is 0.458. The van der Waals surface area contributed by atoms with Crippen LogP contribution >= 0.6 is 0 Å². The lowest BCUT2D eigenvalue weighted by atomic mass is 9.76. The molecule has 146 valence electrons. The Morgan fingerprint density at radius 3 is 1.68 bits per heavy atom. The van der Waals surface area contributed by atoms with Crippen LogP contribution in [-0.4, -0.2) is 68.0 Å². The smallest absolute Gasteiger partial charge is 0.318 e. The summed E-state index contributed by atoms with van der Waals surface area (Å²) in [5, 5.41) is 0. The van der Waals surface area contributed by atoms with Crippen molar-refractivity contribution in [1.29, 1.82) is 0 Å². The van der Waals surface area contributed by atoms with Crippen molar-refractivity contribution in [2.75, 3.05) is 46.9 Å². The SMILES string of the molecule is C[N+]12CC3C[N+](C)(CC(C1)C3OC(=O)C(c1ccccc1)c1ccccc1)C2. The van der Waals surface area contributed by atoms with Crippen molar-refractivity contribution < 1.29 is 18.5 Å². The maximum absolute atomic E-state index is 13.5. The highest BCUT2D eigenvalue weighted by atomic mass is 16.5. The van der Waals surface area contributed by atoms with Gasteiger partial charge in [-0.15, -0.1) is 0 Å². The molecule has 4 fully saturated rings. The summed E-state index contributed by atoms with van der Waals surface area (Å²) in [6.07, 6.45) is 0.0696. The van der Waals surface area contributed by atoms with Gasteiger partial charge in [-0.2, -0.15) is 0 Å². The molecule has 0 unspecified atom stereocenters. The maximum Gasteiger partial charge on any atom is 0.318 e. The third-order valence-electron chi connectivity index (χ3n) is 7.07. The molecular weight excluding hydrogens is 348 g/mol. The van der Waals surface area contributed by atoms with Gasteiger partial charge in [-0.3, -0.25) is 13.8 Å². The standard InChI is InChI=1S/C24H30N2O2/c1-25-13-20-15-26(2,17-25)16-21(14-25)23(20)28-24(27)22(18-9-5-3-6-10-18)19-11-7-4-8-12-19/h3-12,20-23H,13-17H2,1-2H3/q+2. The van der Waals surface area contributed by atoms with Crippen molar-refractivity contribution in [2.45, 2.75) is 12.0 Å². The summed E-state index contributed by atoms with van der Waals surface area (Å²) in [7, 11) is 4.76. The summed E-state index contributed by atoms with van der Waals surface area (Å²) in [4.78, 5) is 13.5. The van der Waals surface area contributed by atoms with Gasteiger partial charge in [-0.05, 0) is 11.1 Å². The Hall–Kier alpha value is -2.17. The Kier molecular flexibility index (Phi) is 4.11. The first-order valence-electron chi connectivity index (χ1n) is 10.4. The zero-order valence-corrected chi connectivity index (χ0v) is 16.8. The molecule has 2 aromatic rings. The summed E-state index contributed by atoms with van der Waals surface area (Å²) in [5.74, 6) is 0.514. The summed E-state index contributed by atoms with van der Waals surface area (Å²) in [5.41, 5.74) is 2.01. The quantitative estimate of drug-likeness (QED) is 0.604. The van der Waals surface area contributed by atoms with Crippen molar-refractivity contribution in [2.24, 2.45) is 11.8 Å². The molecule has 0 atom stereocenters. The molecule has 0 aliphatic carbocycles. The molecule has 4 aliphatic heterocycles. The number of quaternary nitrogens is 2. The first kappa shape index (κ1) is 17.9. The van der Waals surface area contributed by atoms with E-state index < -0.39 is 0 Å². The molecule has 4 nitrogen and oxygen atoms in total. The third kappa shape index (κ3) is 3.05. The van der Waals surface area contributed by atoms with Gasteiger partial charge in [0.05, 0.1) is 52.1 Å². The fourth-order valence-electron chi connectivity index (χ4n) is 6.54. The molecule has 0 saturated carbocycles. The van der Waals surface area contributed by atoms with Gasteiger partial charge >= 0.3 is 5.97 Å². The fourth-order valence-corrected chi connectivity index (χ4v) is 6.54. The molecule has 0 aromatic heterocycles. The molecular formula is C24H30N2O2+2. The Morgan fingerprint density at radius 1 is 0.821 bits per heavy atom. The van der Waals surface area contributed by atoms with Gasteiger partial charge < -0.3 is 4.74 Å². The van der Waals surface area contributed by atoms with Crippen LogP contribution in [0.3, 0.4) is 0 Å². The average Bonchev–Trinajstić information content (AvgIpc) is 2.65. The number of carbonyl (C=O) groups is 1. The summed E-state index contributed by atoms with van der Waals surface area (Å²) < 4.78 is 8.61. The molecule has 4 aliphatic rings. The van der Waals surface area contributed by atoms with E-state index in [0.717, 1.165) is 46.3 Å². The minimum absolute atomic E-state index is 0.0696. The largest absolute Gasteiger partial charge is 0.460 e. The van der Waals surface area contributed by atoms with Gasteiger partial charge in [-0.1, -0.05) is 60.7 Å². The number of piperidine rings is 2. The second-order valence-corrected chi connectivity index (χ2v) is 9.79. The highest BCUT2D eigenvalue weighted by molar-refractivity contribution is 5.82. The van der Waals surface area contributed by atoms with Gasteiger partial charge in [0.25, 0.3) is 0 Å². The van der Waals surface area contributed by atoms with E-state index in [9.17, 15) is 4.79 Å². The van der Waals surface area contributed by atoms with Crippen LogP contribution in [0.25, 0.3) is 0 Å². The van der Waals surface area contributed by atoms with Crippen LogP contribution in [0.2, 0.25) is 0 Å². The number of nitrogens with zero attached hydrogens (tertiary/aromatic N) is 2. The minimum atomic E-state index is -0.352. The average molecular weight is 379 g/mol. The van der Waals surface area contributed by atoms with E-state index in [1.807, 2.05) is 60.7 Å². The van der Waals surface area contributed by atoms with Gasteiger partial charge in [0.2, 0.25) is 6.67 Å².